The van der Waals surface area contributed by atoms with Crippen LogP contribution in [0.25, 0.3) is 6.08 Å². The Morgan fingerprint density at radius 3 is 2.53 bits per heavy atom. The van der Waals surface area contributed by atoms with Crippen molar-refractivity contribution in [2.75, 3.05) is 20.3 Å². The lowest BCUT2D eigenvalue weighted by molar-refractivity contribution is -0.386. The zero-order valence-electron chi connectivity index (χ0n) is 20.5. The van der Waals surface area contributed by atoms with Gasteiger partial charge in [-0.25, -0.2) is 0 Å². The summed E-state index contributed by atoms with van der Waals surface area (Å²) in [4.78, 5) is 48.8. The Labute approximate surface area is 212 Å². The first-order valence-corrected chi connectivity index (χ1v) is 11.9. The van der Waals surface area contributed by atoms with Gasteiger partial charge in [0.1, 0.15) is 12.4 Å². The molecule has 0 bridgehead atoms. The first-order chi connectivity index (χ1) is 17.0. The first kappa shape index (κ1) is 26.7. The molecule has 11 heteroatoms. The van der Waals surface area contributed by atoms with Crippen molar-refractivity contribution in [1.29, 1.82) is 0 Å². The van der Waals surface area contributed by atoms with Crippen molar-refractivity contribution in [3.8, 4) is 17.2 Å². The number of esters is 1. The maximum Gasteiger partial charge on any atom is 0.353 e. The van der Waals surface area contributed by atoms with Crippen molar-refractivity contribution in [1.82, 2.24) is 4.90 Å². The van der Waals surface area contributed by atoms with Gasteiger partial charge < -0.3 is 14.2 Å². The molecule has 190 valence electrons. The molecule has 0 unspecified atom stereocenters. The van der Waals surface area contributed by atoms with Gasteiger partial charge in [0.2, 0.25) is 11.5 Å². The van der Waals surface area contributed by atoms with Crippen LogP contribution in [0.3, 0.4) is 0 Å². The van der Waals surface area contributed by atoms with Crippen molar-refractivity contribution in [2.24, 2.45) is 0 Å². The highest BCUT2D eigenvalue weighted by Gasteiger charge is 2.36. The van der Waals surface area contributed by atoms with Crippen LogP contribution in [0.2, 0.25) is 0 Å². The highest BCUT2D eigenvalue weighted by atomic mass is 32.2. The molecule has 36 heavy (non-hydrogen) atoms. The van der Waals surface area contributed by atoms with Gasteiger partial charge in [-0.15, -0.1) is 0 Å². The molecule has 10 nitrogen and oxygen atoms in total. The number of carbonyl (C=O) groups is 3. The standard InChI is InChI=1S/C25H26N2O8S/c1-14(2)18-8-6-15(3)12-20(18)34-11-10-26-24(29)21(36-25(26)30)13-17-7-9-19(35-16(4)28)22(27(31)32)23(17)33-5/h6-9,12-14H,10-11H2,1-5H3/b21-13-. The van der Waals surface area contributed by atoms with Gasteiger partial charge in [-0.1, -0.05) is 26.0 Å². The summed E-state index contributed by atoms with van der Waals surface area (Å²) in [7, 11) is 1.22. The monoisotopic (exact) mass is 514 g/mol. The van der Waals surface area contributed by atoms with E-state index in [1.54, 1.807) is 0 Å². The number of rotatable bonds is 9. The molecule has 0 aromatic heterocycles. The van der Waals surface area contributed by atoms with Gasteiger partial charge in [0.05, 0.1) is 23.5 Å². The molecule has 2 amide bonds. The molecular weight excluding hydrogens is 488 g/mol. The van der Waals surface area contributed by atoms with Crippen molar-refractivity contribution in [3.05, 3.63) is 62.0 Å². The number of ether oxygens (including phenoxy) is 3. The van der Waals surface area contributed by atoms with E-state index in [1.807, 2.05) is 25.1 Å². The topological polar surface area (TPSA) is 125 Å². The highest BCUT2D eigenvalue weighted by molar-refractivity contribution is 8.18. The number of thioether (sulfide) groups is 1. The lowest BCUT2D eigenvalue weighted by Crippen LogP contribution is -2.32. The maximum atomic E-state index is 12.9. The molecule has 0 radical (unpaired) electrons. The number of methoxy groups -OCH3 is 1. The van der Waals surface area contributed by atoms with Crippen LogP contribution in [0.15, 0.2) is 35.2 Å². The van der Waals surface area contributed by atoms with Crippen LogP contribution in [0, 0.1) is 17.0 Å². The summed E-state index contributed by atoms with van der Waals surface area (Å²) >= 11 is 0.714. The number of benzene rings is 2. The molecule has 0 saturated carbocycles. The van der Waals surface area contributed by atoms with Crippen LogP contribution in [0.1, 0.15) is 43.4 Å². The van der Waals surface area contributed by atoms with Gasteiger partial charge in [-0.05, 0) is 60.0 Å². The molecule has 0 atom stereocenters. The summed E-state index contributed by atoms with van der Waals surface area (Å²) in [5.74, 6) is -0.819. The lowest BCUT2D eigenvalue weighted by atomic mass is 10.0. The predicted molar refractivity (Wildman–Crippen MR) is 134 cm³/mol. The summed E-state index contributed by atoms with van der Waals surface area (Å²) in [6, 6.07) is 8.56. The van der Waals surface area contributed by atoms with Crippen LogP contribution >= 0.6 is 11.8 Å². The van der Waals surface area contributed by atoms with Gasteiger partial charge in [0.15, 0.2) is 0 Å². The molecule has 1 aliphatic rings. The fourth-order valence-electron chi connectivity index (χ4n) is 3.63. The van der Waals surface area contributed by atoms with E-state index >= 15 is 0 Å². The number of aryl methyl sites for hydroxylation is 1. The van der Waals surface area contributed by atoms with E-state index in [0.29, 0.717) is 17.5 Å². The normalized spacial score (nSPS) is 14.5. The van der Waals surface area contributed by atoms with Crippen molar-refractivity contribution >= 4 is 40.6 Å². The number of carbonyl (C=O) groups excluding carboxylic acids is 3. The Morgan fingerprint density at radius 1 is 1.19 bits per heavy atom. The summed E-state index contributed by atoms with van der Waals surface area (Å²) in [6.07, 6.45) is 1.34. The fraction of sp³-hybridized carbons (Fsp3) is 0.320. The van der Waals surface area contributed by atoms with E-state index in [0.717, 1.165) is 23.0 Å². The quantitative estimate of drug-likeness (QED) is 0.148. The molecule has 3 rings (SSSR count). The van der Waals surface area contributed by atoms with E-state index in [1.165, 1.54) is 25.3 Å². The Morgan fingerprint density at radius 2 is 1.92 bits per heavy atom. The average molecular weight is 515 g/mol. The van der Waals surface area contributed by atoms with Gasteiger partial charge in [-0.2, -0.15) is 0 Å². The van der Waals surface area contributed by atoms with E-state index in [4.69, 9.17) is 14.2 Å². The molecule has 1 saturated heterocycles. The third-order valence-electron chi connectivity index (χ3n) is 5.29. The van der Waals surface area contributed by atoms with Crippen LogP contribution < -0.4 is 14.2 Å². The summed E-state index contributed by atoms with van der Waals surface area (Å²) < 4.78 is 16.0. The number of nitrogens with zero attached hydrogens (tertiary/aromatic N) is 2. The van der Waals surface area contributed by atoms with Gasteiger partial charge in [-0.3, -0.25) is 29.4 Å². The van der Waals surface area contributed by atoms with Crippen LogP contribution in [-0.2, 0) is 9.59 Å². The number of imide groups is 1. The van der Waals surface area contributed by atoms with E-state index in [-0.39, 0.29) is 41.0 Å². The summed E-state index contributed by atoms with van der Waals surface area (Å²) in [5, 5.41) is 11.1. The Bertz CT molecular complexity index is 1250. The van der Waals surface area contributed by atoms with Crippen molar-refractivity contribution in [2.45, 2.75) is 33.6 Å². The van der Waals surface area contributed by atoms with Gasteiger partial charge >= 0.3 is 11.7 Å². The minimum atomic E-state index is -0.742. The average Bonchev–Trinajstić information content (AvgIpc) is 3.06. The number of nitro groups is 1. The molecular formula is C25H26N2O8S. The van der Waals surface area contributed by atoms with Crippen LogP contribution in [0.5, 0.6) is 17.2 Å². The Kier molecular flexibility index (Phi) is 8.36. The third-order valence-corrected chi connectivity index (χ3v) is 6.20. The minimum absolute atomic E-state index is 0.0379. The Hall–Kier alpha value is -3.86. The number of nitro benzene ring substituents is 1. The molecule has 0 spiro atoms. The molecule has 2 aromatic rings. The molecule has 2 aromatic carbocycles. The predicted octanol–water partition coefficient (Wildman–Crippen LogP) is 5.08. The van der Waals surface area contributed by atoms with Crippen molar-refractivity contribution < 1.29 is 33.5 Å². The number of hydrogen-bond donors (Lipinski definition) is 0. The van der Waals surface area contributed by atoms with Gasteiger partial charge in [0.25, 0.3) is 11.1 Å². The van der Waals surface area contributed by atoms with E-state index in [2.05, 4.69) is 13.8 Å². The largest absolute Gasteiger partial charge is 0.491 e. The van der Waals surface area contributed by atoms with E-state index in [9.17, 15) is 24.5 Å². The SMILES string of the molecule is COc1c(/C=C2\SC(=O)N(CCOc3cc(C)ccc3C(C)C)C2=O)ccc(OC(C)=O)c1[N+](=O)[O-]. The zero-order chi connectivity index (χ0) is 26.6. The second-order valence-electron chi connectivity index (χ2n) is 8.26. The minimum Gasteiger partial charge on any atom is -0.491 e. The molecule has 0 aliphatic carbocycles. The summed E-state index contributed by atoms with van der Waals surface area (Å²) in [6.45, 7) is 7.32. The van der Waals surface area contributed by atoms with Crippen LogP contribution in [0.4, 0.5) is 10.5 Å². The molecule has 1 aliphatic heterocycles. The third kappa shape index (κ3) is 5.85. The highest BCUT2D eigenvalue weighted by Crippen LogP contribution is 2.42. The first-order valence-electron chi connectivity index (χ1n) is 11.1. The van der Waals surface area contributed by atoms with Crippen LogP contribution in [-0.4, -0.2) is 47.2 Å². The zero-order valence-corrected chi connectivity index (χ0v) is 21.3. The maximum absolute atomic E-state index is 12.9. The second-order valence-corrected chi connectivity index (χ2v) is 9.26. The van der Waals surface area contributed by atoms with E-state index < -0.39 is 27.7 Å². The number of amides is 2. The molecule has 1 fully saturated rings. The second kappa shape index (κ2) is 11.3. The fourth-order valence-corrected chi connectivity index (χ4v) is 4.49. The Balaban J connectivity index is 1.81. The molecule has 0 N–H and O–H groups in total. The summed E-state index contributed by atoms with van der Waals surface area (Å²) in [5.41, 5.74) is 1.68. The number of hydrogen-bond acceptors (Lipinski definition) is 9. The smallest absolute Gasteiger partial charge is 0.353 e. The lowest BCUT2D eigenvalue weighted by Gasteiger charge is -2.17. The van der Waals surface area contributed by atoms with Gasteiger partial charge in [0, 0.05) is 12.5 Å². The molecule has 1 heterocycles. The van der Waals surface area contributed by atoms with Crippen molar-refractivity contribution in [3.63, 3.8) is 0 Å².